The van der Waals surface area contributed by atoms with Gasteiger partial charge in [-0.25, -0.2) is 12.7 Å². The highest BCUT2D eigenvalue weighted by Crippen LogP contribution is 2.42. The molecule has 0 saturated heterocycles. The summed E-state index contributed by atoms with van der Waals surface area (Å²) in [4.78, 5) is 14.2. The fourth-order valence-electron chi connectivity index (χ4n) is 3.36. The highest BCUT2D eigenvalue weighted by molar-refractivity contribution is 7.93. The molecule has 30 heavy (non-hydrogen) atoms. The molecule has 2 aromatic carbocycles. The summed E-state index contributed by atoms with van der Waals surface area (Å²) in [5, 5.41) is 0.874. The van der Waals surface area contributed by atoms with Crippen molar-refractivity contribution in [3.8, 4) is 0 Å². The van der Waals surface area contributed by atoms with Gasteiger partial charge in [0, 0.05) is 28.0 Å². The first kappa shape index (κ1) is 22.9. The van der Waals surface area contributed by atoms with Crippen LogP contribution < -0.4 is 4.31 Å². The third kappa shape index (κ3) is 4.32. The number of halogens is 2. The molecule has 1 heterocycles. The summed E-state index contributed by atoms with van der Waals surface area (Å²) in [6.45, 7) is 3.55. The van der Waals surface area contributed by atoms with E-state index in [9.17, 15) is 17.9 Å². The molecule has 0 saturated carbocycles. The van der Waals surface area contributed by atoms with Crippen LogP contribution in [0.25, 0.3) is 10.9 Å². The molecule has 1 aromatic heterocycles. The lowest BCUT2D eigenvalue weighted by Gasteiger charge is -2.28. The molecular formula is C20H20Cl2N2O4PS+. The van der Waals surface area contributed by atoms with Gasteiger partial charge in [0.1, 0.15) is 0 Å². The summed E-state index contributed by atoms with van der Waals surface area (Å²) in [5.74, 6) is -1.18. The lowest BCUT2D eigenvalue weighted by atomic mass is 10.1. The number of nitrogens with zero attached hydrogens (tertiary/aromatic N) is 2. The molecule has 0 fully saturated rings. The number of hydrogen-bond donors (Lipinski definition) is 1. The van der Waals surface area contributed by atoms with Gasteiger partial charge in [-0.1, -0.05) is 43.1 Å². The van der Waals surface area contributed by atoms with Crippen molar-refractivity contribution in [2.24, 2.45) is 0 Å². The van der Waals surface area contributed by atoms with Crippen molar-refractivity contribution in [1.82, 2.24) is 4.98 Å². The number of aromatic nitrogens is 1. The Kier molecular flexibility index (Phi) is 7.00. The van der Waals surface area contributed by atoms with Crippen molar-refractivity contribution in [2.75, 3.05) is 4.31 Å². The predicted octanol–water partition coefficient (Wildman–Crippen LogP) is 5.77. The molecule has 2 atom stereocenters. The van der Waals surface area contributed by atoms with Crippen LogP contribution in [-0.4, -0.2) is 24.1 Å². The summed E-state index contributed by atoms with van der Waals surface area (Å²) in [7, 11) is -7.15. The van der Waals surface area contributed by atoms with Gasteiger partial charge in [-0.2, -0.15) is 4.89 Å². The Labute approximate surface area is 186 Å². The maximum atomic E-state index is 13.8. The van der Waals surface area contributed by atoms with E-state index in [4.69, 9.17) is 23.2 Å². The fourth-order valence-corrected chi connectivity index (χ4v) is 6.94. The molecule has 0 aliphatic carbocycles. The molecule has 3 aromatic rings. The van der Waals surface area contributed by atoms with E-state index in [2.05, 4.69) is 4.98 Å². The van der Waals surface area contributed by atoms with Gasteiger partial charge in [0.2, 0.25) is 0 Å². The van der Waals surface area contributed by atoms with Crippen molar-refractivity contribution in [3.05, 3.63) is 64.3 Å². The summed E-state index contributed by atoms with van der Waals surface area (Å²) in [6.07, 6.45) is 2.25. The van der Waals surface area contributed by atoms with Crippen molar-refractivity contribution in [3.63, 3.8) is 0 Å². The molecule has 0 aliphatic heterocycles. The summed E-state index contributed by atoms with van der Waals surface area (Å²) in [5.41, 5.74) is 1.63. The first-order chi connectivity index (χ1) is 14.2. The number of fused-ring (bicyclic) bond motifs is 1. The zero-order chi connectivity index (χ0) is 22.1. The van der Waals surface area contributed by atoms with Crippen LogP contribution in [0, 0.1) is 0 Å². The largest absolute Gasteiger partial charge is 0.531 e. The van der Waals surface area contributed by atoms with Crippen molar-refractivity contribution >= 4 is 57.8 Å². The van der Waals surface area contributed by atoms with Crippen LogP contribution in [0.15, 0.2) is 53.6 Å². The summed E-state index contributed by atoms with van der Waals surface area (Å²) in [6, 6.07) is 11.0. The third-order valence-electron chi connectivity index (χ3n) is 4.73. The Balaban J connectivity index is 2.41. The molecule has 10 heteroatoms. The van der Waals surface area contributed by atoms with E-state index < -0.39 is 23.8 Å². The third-order valence-corrected chi connectivity index (χ3v) is 8.21. The number of aryl methyl sites for hydroxylation is 1. The standard InChI is InChI=1S/C20H19Cl2N2O4PS/c1-3-13-7-8-18-17(6-5-9-23-18)20(13)24(19(4-2)29(25)26)30(27,28)16-11-14(21)10-15(22)12-16/h5-12,19H,3-4H2,1-2H3/p+1. The number of hydrogen-bond acceptors (Lipinski definition) is 4. The van der Waals surface area contributed by atoms with Gasteiger partial charge in [-0.3, -0.25) is 4.98 Å². The van der Waals surface area contributed by atoms with Crippen molar-refractivity contribution < 1.29 is 17.9 Å². The average Bonchev–Trinajstić information content (AvgIpc) is 2.70. The molecular weight excluding hydrogens is 466 g/mol. The second-order valence-electron chi connectivity index (χ2n) is 6.59. The SMILES string of the molecule is CCc1ccc2ncccc2c1N(C(CC)[P+](=O)O)S(=O)(=O)c1cc(Cl)cc(Cl)c1. The van der Waals surface area contributed by atoms with Crippen LogP contribution in [0.1, 0.15) is 25.8 Å². The van der Waals surface area contributed by atoms with Crippen LogP contribution in [0.3, 0.4) is 0 Å². The molecule has 0 aliphatic rings. The van der Waals surface area contributed by atoms with Gasteiger partial charge in [-0.05, 0) is 52.9 Å². The Morgan fingerprint density at radius 3 is 2.37 bits per heavy atom. The van der Waals surface area contributed by atoms with Crippen molar-refractivity contribution in [1.29, 1.82) is 0 Å². The monoisotopic (exact) mass is 485 g/mol. The Hall–Kier alpha value is -1.76. The quantitative estimate of drug-likeness (QED) is 0.429. The lowest BCUT2D eigenvalue weighted by Crippen LogP contribution is -2.39. The number of pyridine rings is 1. The van der Waals surface area contributed by atoms with Gasteiger partial charge in [-0.15, -0.1) is 0 Å². The highest BCUT2D eigenvalue weighted by Gasteiger charge is 2.44. The van der Waals surface area contributed by atoms with Crippen LogP contribution in [0.4, 0.5) is 5.69 Å². The van der Waals surface area contributed by atoms with E-state index in [0.717, 1.165) is 4.31 Å². The van der Waals surface area contributed by atoms with Crippen LogP contribution >= 0.6 is 31.2 Å². The molecule has 0 radical (unpaired) electrons. The van der Waals surface area contributed by atoms with Crippen molar-refractivity contribution in [2.45, 2.75) is 37.4 Å². The molecule has 158 valence electrons. The van der Waals surface area contributed by atoms with Gasteiger partial charge < -0.3 is 0 Å². The van der Waals surface area contributed by atoms with E-state index in [1.54, 1.807) is 37.4 Å². The predicted molar refractivity (Wildman–Crippen MR) is 121 cm³/mol. The lowest BCUT2D eigenvalue weighted by molar-refractivity contribution is 0.485. The first-order valence-electron chi connectivity index (χ1n) is 9.23. The minimum absolute atomic E-state index is 0.124. The Morgan fingerprint density at radius 2 is 1.80 bits per heavy atom. The Bertz CT molecular complexity index is 1200. The normalized spacial score (nSPS) is 13.3. The maximum Gasteiger partial charge on any atom is 0.531 e. The minimum Gasteiger partial charge on any atom is -0.256 e. The van der Waals surface area contributed by atoms with Gasteiger partial charge in [0.15, 0.2) is 0 Å². The average molecular weight is 486 g/mol. The smallest absolute Gasteiger partial charge is 0.256 e. The zero-order valence-electron chi connectivity index (χ0n) is 16.3. The number of rotatable bonds is 7. The molecule has 3 rings (SSSR count). The summed E-state index contributed by atoms with van der Waals surface area (Å²) < 4.78 is 40.9. The molecule has 2 unspecified atom stereocenters. The molecule has 0 bridgehead atoms. The van der Waals surface area contributed by atoms with E-state index in [0.29, 0.717) is 28.6 Å². The fraction of sp³-hybridized carbons (Fsp3) is 0.250. The molecule has 6 nitrogen and oxygen atoms in total. The number of sulfonamides is 1. The van der Waals surface area contributed by atoms with E-state index >= 15 is 0 Å². The van der Waals surface area contributed by atoms with Gasteiger partial charge in [0.05, 0.1) is 16.1 Å². The number of anilines is 1. The van der Waals surface area contributed by atoms with E-state index in [-0.39, 0.29) is 21.4 Å². The van der Waals surface area contributed by atoms with Crippen LogP contribution in [-0.2, 0) is 21.0 Å². The number of benzene rings is 2. The second kappa shape index (κ2) is 9.16. The molecule has 0 amide bonds. The van der Waals surface area contributed by atoms with E-state index in [1.807, 2.05) is 6.92 Å². The highest BCUT2D eigenvalue weighted by atomic mass is 35.5. The van der Waals surface area contributed by atoms with Gasteiger partial charge in [0.25, 0.3) is 15.8 Å². The Morgan fingerprint density at radius 1 is 1.13 bits per heavy atom. The first-order valence-corrected chi connectivity index (χ1v) is 12.7. The minimum atomic E-state index is -4.29. The van der Waals surface area contributed by atoms with Crippen LogP contribution in [0.2, 0.25) is 10.0 Å². The summed E-state index contributed by atoms with van der Waals surface area (Å²) >= 11 is 12.1. The zero-order valence-corrected chi connectivity index (χ0v) is 19.5. The molecule has 1 N–H and O–H groups in total. The van der Waals surface area contributed by atoms with Gasteiger partial charge >= 0.3 is 8.03 Å². The maximum absolute atomic E-state index is 13.8. The topological polar surface area (TPSA) is 87.6 Å². The van der Waals surface area contributed by atoms with Crippen LogP contribution in [0.5, 0.6) is 0 Å². The molecule has 0 spiro atoms. The second-order valence-corrected chi connectivity index (χ2v) is 10.5. The van der Waals surface area contributed by atoms with E-state index in [1.165, 1.54) is 18.2 Å².